The van der Waals surface area contributed by atoms with Crippen LogP contribution in [-0.4, -0.2) is 34.5 Å². The molecule has 23 heavy (non-hydrogen) atoms. The summed E-state index contributed by atoms with van der Waals surface area (Å²) in [5, 5.41) is 1.31. The Morgan fingerprint density at radius 2 is 2.09 bits per heavy atom. The third kappa shape index (κ3) is 3.75. The summed E-state index contributed by atoms with van der Waals surface area (Å²) in [5.74, 6) is 0.391. The lowest BCUT2D eigenvalue weighted by Gasteiger charge is -2.22. The Morgan fingerprint density at radius 1 is 1.26 bits per heavy atom. The minimum absolute atomic E-state index is 0.00449. The molecule has 0 spiro atoms. The number of thiol groups is 1. The molecule has 124 valence electrons. The number of hydrogen-bond acceptors (Lipinski definition) is 3. The van der Waals surface area contributed by atoms with Crippen LogP contribution in [0.3, 0.4) is 0 Å². The van der Waals surface area contributed by atoms with E-state index in [2.05, 4.69) is 72.5 Å². The predicted molar refractivity (Wildman–Crippen MR) is 100 cm³/mol. The average molecular weight is 330 g/mol. The zero-order valence-corrected chi connectivity index (χ0v) is 14.9. The number of nitrogens with zero attached hydrogens (tertiary/aromatic N) is 2. The Balaban J connectivity index is 1.82. The molecule has 3 nitrogen and oxygen atoms in total. The summed E-state index contributed by atoms with van der Waals surface area (Å²) in [4.78, 5) is 2.46. The van der Waals surface area contributed by atoms with Gasteiger partial charge in [0.25, 0.3) is 0 Å². The summed E-state index contributed by atoms with van der Waals surface area (Å²) in [6, 6.07) is 9.01. The highest BCUT2D eigenvalue weighted by Crippen LogP contribution is 2.31. The van der Waals surface area contributed by atoms with Crippen LogP contribution >= 0.6 is 12.6 Å². The van der Waals surface area contributed by atoms with Crippen LogP contribution < -0.4 is 0 Å². The van der Waals surface area contributed by atoms with Gasteiger partial charge in [0.05, 0.1) is 6.26 Å². The van der Waals surface area contributed by atoms with E-state index in [1.807, 2.05) is 0 Å². The largest absolute Gasteiger partial charge is 0.488 e. The maximum Gasteiger partial charge on any atom is 0.141 e. The molecule has 0 bridgehead atoms. The van der Waals surface area contributed by atoms with E-state index < -0.39 is 0 Å². The molecule has 0 radical (unpaired) electrons. The van der Waals surface area contributed by atoms with Crippen LogP contribution in [0.1, 0.15) is 31.7 Å². The van der Waals surface area contributed by atoms with Gasteiger partial charge in [0.2, 0.25) is 0 Å². The van der Waals surface area contributed by atoms with Crippen molar-refractivity contribution in [3.63, 3.8) is 0 Å². The van der Waals surface area contributed by atoms with Crippen LogP contribution in [0.5, 0.6) is 0 Å². The Bertz CT molecular complexity index is 675. The van der Waals surface area contributed by atoms with E-state index in [9.17, 15) is 0 Å². The molecule has 0 saturated heterocycles. The van der Waals surface area contributed by atoms with E-state index >= 15 is 0 Å². The van der Waals surface area contributed by atoms with E-state index in [0.29, 0.717) is 5.92 Å². The van der Waals surface area contributed by atoms with Gasteiger partial charge in [-0.3, -0.25) is 0 Å². The van der Waals surface area contributed by atoms with Gasteiger partial charge in [-0.25, -0.2) is 0 Å². The topological polar surface area (TPSA) is 17.4 Å². The summed E-state index contributed by atoms with van der Waals surface area (Å²) in [6.45, 7) is 8.79. The lowest BCUT2D eigenvalue weighted by atomic mass is 9.94. The molecular weight excluding hydrogens is 304 g/mol. The van der Waals surface area contributed by atoms with Crippen molar-refractivity contribution in [2.24, 2.45) is 0 Å². The summed E-state index contributed by atoms with van der Waals surface area (Å²) >= 11 is 4.45. The first kappa shape index (κ1) is 16.5. The molecule has 2 aromatic rings. The van der Waals surface area contributed by atoms with E-state index in [1.54, 1.807) is 6.26 Å². The van der Waals surface area contributed by atoms with Gasteiger partial charge >= 0.3 is 0 Å². The quantitative estimate of drug-likeness (QED) is 0.798. The number of benzene rings is 1. The zero-order chi connectivity index (χ0) is 16.2. The molecular formula is C19H26N2OS. The Labute approximate surface area is 144 Å². The van der Waals surface area contributed by atoms with Crippen molar-refractivity contribution in [2.75, 3.05) is 19.6 Å². The average Bonchev–Trinajstić information content (AvgIpc) is 2.98. The van der Waals surface area contributed by atoms with Gasteiger partial charge in [0.1, 0.15) is 5.44 Å². The molecule has 1 aromatic heterocycles. The molecule has 1 aromatic carbocycles. The fourth-order valence-electron chi connectivity index (χ4n) is 3.24. The lowest BCUT2D eigenvalue weighted by Crippen LogP contribution is -2.26. The zero-order valence-electron chi connectivity index (χ0n) is 14.0. The number of likely N-dealkylation sites (N-methyl/N-ethyl adjacent to an activating group) is 1. The standard InChI is InChI=1S/C19H26N2OS/c1-3-20(4-2)10-11-21-9-7-15-5-6-16(13-18(15)21)17-8-12-22-19(23)14-17/h5-9,12-13,17,19,23H,3-4,10-11,14H2,1-2H3. The second kappa shape index (κ2) is 7.45. The third-order valence-corrected chi connectivity index (χ3v) is 5.11. The van der Waals surface area contributed by atoms with Crippen LogP contribution in [0.2, 0.25) is 0 Å². The number of rotatable bonds is 6. The first-order valence-corrected chi connectivity index (χ1v) is 9.04. The van der Waals surface area contributed by atoms with Crippen molar-refractivity contribution in [3.05, 3.63) is 48.4 Å². The second-order valence-electron chi connectivity index (χ2n) is 6.12. The first-order chi connectivity index (χ1) is 11.2. The fraction of sp³-hybridized carbons (Fsp3) is 0.474. The summed E-state index contributed by atoms with van der Waals surface area (Å²) in [7, 11) is 0. The van der Waals surface area contributed by atoms with Crippen molar-refractivity contribution in [2.45, 2.75) is 38.2 Å². The number of ether oxygens (including phenoxy) is 1. The summed E-state index contributed by atoms with van der Waals surface area (Å²) < 4.78 is 7.76. The summed E-state index contributed by atoms with van der Waals surface area (Å²) in [6.07, 6.45) is 7.05. The number of hydrogen-bond donors (Lipinski definition) is 1. The molecule has 0 N–H and O–H groups in total. The lowest BCUT2D eigenvalue weighted by molar-refractivity contribution is 0.194. The molecule has 1 aliphatic heterocycles. The number of fused-ring (bicyclic) bond motifs is 1. The van der Waals surface area contributed by atoms with Crippen LogP contribution in [0.4, 0.5) is 0 Å². The molecule has 3 rings (SSSR count). The Hall–Kier alpha value is -1.39. The fourth-order valence-corrected chi connectivity index (χ4v) is 3.54. The van der Waals surface area contributed by atoms with Gasteiger partial charge in [-0.15, -0.1) is 12.6 Å². The van der Waals surface area contributed by atoms with Gasteiger partial charge in [-0.05, 0) is 42.2 Å². The van der Waals surface area contributed by atoms with E-state index in [0.717, 1.165) is 32.6 Å². The van der Waals surface area contributed by atoms with Crippen molar-refractivity contribution in [3.8, 4) is 0 Å². The van der Waals surface area contributed by atoms with Crippen LogP contribution in [0.25, 0.3) is 10.9 Å². The van der Waals surface area contributed by atoms with Crippen molar-refractivity contribution in [1.82, 2.24) is 9.47 Å². The van der Waals surface area contributed by atoms with E-state index in [-0.39, 0.29) is 5.44 Å². The number of allylic oxidation sites excluding steroid dienone is 1. The van der Waals surface area contributed by atoms with Crippen LogP contribution in [0, 0.1) is 0 Å². The smallest absolute Gasteiger partial charge is 0.141 e. The Morgan fingerprint density at radius 3 is 2.83 bits per heavy atom. The third-order valence-electron chi connectivity index (χ3n) is 4.78. The number of aromatic nitrogens is 1. The van der Waals surface area contributed by atoms with Crippen LogP contribution in [0.15, 0.2) is 42.8 Å². The highest BCUT2D eigenvalue weighted by Gasteiger charge is 2.18. The molecule has 2 atom stereocenters. The maximum atomic E-state index is 5.39. The monoisotopic (exact) mass is 330 g/mol. The normalized spacial score (nSPS) is 21.0. The molecule has 0 amide bonds. The van der Waals surface area contributed by atoms with Crippen LogP contribution in [-0.2, 0) is 11.3 Å². The van der Waals surface area contributed by atoms with Gasteiger partial charge in [0.15, 0.2) is 0 Å². The van der Waals surface area contributed by atoms with E-state index in [4.69, 9.17) is 4.74 Å². The molecule has 1 aliphatic rings. The SMILES string of the molecule is CCN(CC)CCn1ccc2ccc(C3C=COC(S)C3)cc21. The molecule has 2 heterocycles. The van der Waals surface area contributed by atoms with Gasteiger partial charge in [-0.2, -0.15) is 0 Å². The minimum atomic E-state index is -0.00449. The molecule has 2 unspecified atom stereocenters. The second-order valence-corrected chi connectivity index (χ2v) is 6.69. The highest BCUT2D eigenvalue weighted by molar-refractivity contribution is 7.80. The van der Waals surface area contributed by atoms with E-state index in [1.165, 1.54) is 16.5 Å². The summed E-state index contributed by atoms with van der Waals surface area (Å²) in [5.41, 5.74) is 2.67. The molecule has 4 heteroatoms. The highest BCUT2D eigenvalue weighted by atomic mass is 32.1. The predicted octanol–water partition coefficient (Wildman–Crippen LogP) is 4.26. The Kier molecular flexibility index (Phi) is 5.34. The molecule has 0 saturated carbocycles. The van der Waals surface area contributed by atoms with Gasteiger partial charge < -0.3 is 14.2 Å². The van der Waals surface area contributed by atoms with Gasteiger partial charge in [-0.1, -0.05) is 26.0 Å². The first-order valence-electron chi connectivity index (χ1n) is 8.52. The van der Waals surface area contributed by atoms with Gasteiger partial charge in [0, 0.05) is 37.1 Å². The minimum Gasteiger partial charge on any atom is -0.488 e. The molecule has 0 aliphatic carbocycles. The maximum absolute atomic E-state index is 5.39. The van der Waals surface area contributed by atoms with Crippen molar-refractivity contribution < 1.29 is 4.74 Å². The van der Waals surface area contributed by atoms with Crippen molar-refractivity contribution in [1.29, 1.82) is 0 Å². The van der Waals surface area contributed by atoms with Crippen molar-refractivity contribution >= 4 is 23.5 Å². The molecule has 0 fully saturated rings.